The summed E-state index contributed by atoms with van der Waals surface area (Å²) in [4.78, 5) is 15.7. The molecule has 0 spiro atoms. The van der Waals surface area contributed by atoms with Gasteiger partial charge in [0.25, 0.3) is 5.91 Å². The van der Waals surface area contributed by atoms with E-state index < -0.39 is 6.10 Å². The van der Waals surface area contributed by atoms with Gasteiger partial charge in [-0.05, 0) is 31.7 Å². The minimum atomic E-state index is -0.414. The average molecular weight is 263 g/mol. The molecule has 5 nitrogen and oxygen atoms in total. The van der Waals surface area contributed by atoms with Gasteiger partial charge in [-0.25, -0.2) is 0 Å². The van der Waals surface area contributed by atoms with E-state index in [0.717, 1.165) is 30.1 Å². The molecule has 1 amide bonds. The van der Waals surface area contributed by atoms with Gasteiger partial charge in [-0.2, -0.15) is 0 Å². The number of nitrogens with two attached hydrogens (primary N) is 1. The number of likely N-dealkylation sites (N-methyl/N-ethyl adjacent to an activating group) is 2. The Morgan fingerprint density at radius 1 is 1.47 bits per heavy atom. The molecular formula is C14H21N3O2. The van der Waals surface area contributed by atoms with Gasteiger partial charge in [0, 0.05) is 26.7 Å². The Morgan fingerprint density at radius 3 is 2.89 bits per heavy atom. The molecule has 1 atom stereocenters. The first-order valence-electron chi connectivity index (χ1n) is 6.48. The van der Waals surface area contributed by atoms with Crippen molar-refractivity contribution in [1.29, 1.82) is 0 Å². The second kappa shape index (κ2) is 5.59. The van der Waals surface area contributed by atoms with Gasteiger partial charge in [-0.3, -0.25) is 4.79 Å². The van der Waals surface area contributed by atoms with Gasteiger partial charge in [-0.1, -0.05) is 6.07 Å². The summed E-state index contributed by atoms with van der Waals surface area (Å²) in [6.45, 7) is 4.06. The minimum absolute atomic E-state index is 0.0139. The van der Waals surface area contributed by atoms with E-state index in [-0.39, 0.29) is 5.91 Å². The van der Waals surface area contributed by atoms with Crippen molar-refractivity contribution < 1.29 is 9.53 Å². The summed E-state index contributed by atoms with van der Waals surface area (Å²) in [6.07, 6.45) is -0.414. The number of fused-ring (bicyclic) bond motifs is 1. The maximum atomic E-state index is 11.9. The third-order valence-corrected chi connectivity index (χ3v) is 3.33. The summed E-state index contributed by atoms with van der Waals surface area (Å²) in [6, 6.07) is 5.97. The van der Waals surface area contributed by atoms with E-state index in [2.05, 4.69) is 4.90 Å². The third-order valence-electron chi connectivity index (χ3n) is 3.33. The molecule has 1 aliphatic rings. The highest BCUT2D eigenvalue weighted by Gasteiger charge is 2.28. The van der Waals surface area contributed by atoms with Gasteiger partial charge in [0.15, 0.2) is 6.10 Å². The van der Waals surface area contributed by atoms with Crippen LogP contribution in [0, 0.1) is 0 Å². The molecule has 0 fully saturated rings. The zero-order valence-corrected chi connectivity index (χ0v) is 11.7. The molecule has 1 aliphatic heterocycles. The molecule has 0 saturated carbocycles. The van der Waals surface area contributed by atoms with Crippen LogP contribution in [-0.4, -0.2) is 44.1 Å². The van der Waals surface area contributed by atoms with Crippen LogP contribution in [0.1, 0.15) is 12.5 Å². The van der Waals surface area contributed by atoms with E-state index in [0.29, 0.717) is 6.54 Å². The van der Waals surface area contributed by atoms with Crippen LogP contribution in [0.25, 0.3) is 0 Å². The molecule has 1 aromatic carbocycles. The molecular weight excluding hydrogens is 242 g/mol. The standard InChI is InChI=1S/C14H21N3O2/c1-10-14(18)17(3)12-8-11(4-5-13(12)19-10)9-16(2)7-6-15/h4-5,8,10H,6-7,9,15H2,1-3H3. The van der Waals surface area contributed by atoms with Crippen LogP contribution in [0.2, 0.25) is 0 Å². The Hall–Kier alpha value is -1.59. The van der Waals surface area contributed by atoms with Crippen LogP contribution in [0.5, 0.6) is 5.75 Å². The van der Waals surface area contributed by atoms with Crippen molar-refractivity contribution in [3.8, 4) is 5.75 Å². The van der Waals surface area contributed by atoms with Crippen molar-refractivity contribution in [2.45, 2.75) is 19.6 Å². The smallest absolute Gasteiger partial charge is 0.267 e. The Morgan fingerprint density at radius 2 is 2.21 bits per heavy atom. The van der Waals surface area contributed by atoms with Crippen molar-refractivity contribution in [2.75, 3.05) is 32.1 Å². The number of carbonyl (C=O) groups excluding carboxylic acids is 1. The van der Waals surface area contributed by atoms with Crippen LogP contribution in [0.15, 0.2) is 18.2 Å². The second-order valence-corrected chi connectivity index (χ2v) is 4.99. The molecule has 0 bridgehead atoms. The largest absolute Gasteiger partial charge is 0.479 e. The topological polar surface area (TPSA) is 58.8 Å². The molecule has 1 heterocycles. The number of carbonyl (C=O) groups is 1. The fourth-order valence-electron chi connectivity index (χ4n) is 2.27. The fourth-order valence-corrected chi connectivity index (χ4v) is 2.27. The summed E-state index contributed by atoms with van der Waals surface area (Å²) in [5, 5.41) is 0. The number of benzene rings is 1. The van der Waals surface area contributed by atoms with Crippen molar-refractivity contribution >= 4 is 11.6 Å². The molecule has 1 unspecified atom stereocenters. The summed E-state index contributed by atoms with van der Waals surface area (Å²) >= 11 is 0. The van der Waals surface area contributed by atoms with Gasteiger partial charge >= 0.3 is 0 Å². The van der Waals surface area contributed by atoms with Gasteiger partial charge in [0.2, 0.25) is 0 Å². The Bertz CT molecular complexity index is 476. The first-order valence-corrected chi connectivity index (χ1v) is 6.48. The van der Waals surface area contributed by atoms with E-state index in [9.17, 15) is 4.79 Å². The monoisotopic (exact) mass is 263 g/mol. The number of hydrogen-bond donors (Lipinski definition) is 1. The SMILES string of the molecule is CC1Oc2ccc(CN(C)CCN)cc2N(C)C1=O. The lowest BCUT2D eigenvalue weighted by atomic mass is 10.1. The number of anilines is 1. The summed E-state index contributed by atoms with van der Waals surface area (Å²) < 4.78 is 5.60. The lowest BCUT2D eigenvalue weighted by Gasteiger charge is -2.30. The van der Waals surface area contributed by atoms with Crippen molar-refractivity contribution in [1.82, 2.24) is 4.90 Å². The molecule has 0 saturated heterocycles. The van der Waals surface area contributed by atoms with Crippen LogP contribution < -0.4 is 15.4 Å². The molecule has 2 rings (SSSR count). The molecule has 2 N–H and O–H groups in total. The lowest BCUT2D eigenvalue weighted by Crippen LogP contribution is -2.42. The number of ether oxygens (including phenoxy) is 1. The van der Waals surface area contributed by atoms with E-state index in [1.807, 2.05) is 25.2 Å². The third kappa shape index (κ3) is 2.88. The molecule has 19 heavy (non-hydrogen) atoms. The predicted molar refractivity (Wildman–Crippen MR) is 75.3 cm³/mol. The highest BCUT2D eigenvalue weighted by Crippen LogP contribution is 2.34. The van der Waals surface area contributed by atoms with Crippen molar-refractivity contribution in [2.24, 2.45) is 5.73 Å². The zero-order valence-electron chi connectivity index (χ0n) is 11.7. The quantitative estimate of drug-likeness (QED) is 0.874. The van der Waals surface area contributed by atoms with Crippen molar-refractivity contribution in [3.05, 3.63) is 23.8 Å². The molecule has 0 radical (unpaired) electrons. The van der Waals surface area contributed by atoms with Crippen LogP contribution in [-0.2, 0) is 11.3 Å². The normalized spacial score (nSPS) is 18.5. The summed E-state index contributed by atoms with van der Waals surface area (Å²) in [7, 11) is 3.81. The van der Waals surface area contributed by atoms with E-state index in [4.69, 9.17) is 10.5 Å². The van der Waals surface area contributed by atoms with Gasteiger partial charge in [0.05, 0.1) is 5.69 Å². The molecule has 1 aromatic rings. The van der Waals surface area contributed by atoms with Crippen LogP contribution >= 0.6 is 0 Å². The highest BCUT2D eigenvalue weighted by molar-refractivity contribution is 5.99. The molecule has 0 aromatic heterocycles. The Labute approximate surface area is 113 Å². The average Bonchev–Trinajstić information content (AvgIpc) is 2.37. The molecule has 5 heteroatoms. The van der Waals surface area contributed by atoms with Crippen LogP contribution in [0.3, 0.4) is 0 Å². The van der Waals surface area contributed by atoms with Gasteiger partial charge < -0.3 is 20.3 Å². The highest BCUT2D eigenvalue weighted by atomic mass is 16.5. The van der Waals surface area contributed by atoms with E-state index >= 15 is 0 Å². The molecule has 104 valence electrons. The van der Waals surface area contributed by atoms with Gasteiger partial charge in [0.1, 0.15) is 5.75 Å². The van der Waals surface area contributed by atoms with E-state index in [1.54, 1.807) is 18.9 Å². The lowest BCUT2D eigenvalue weighted by molar-refractivity contribution is -0.125. The maximum absolute atomic E-state index is 11.9. The summed E-state index contributed by atoms with van der Waals surface area (Å²) in [5.41, 5.74) is 7.52. The fraction of sp³-hybridized carbons (Fsp3) is 0.500. The van der Waals surface area contributed by atoms with Gasteiger partial charge in [-0.15, -0.1) is 0 Å². The number of nitrogens with zero attached hydrogens (tertiary/aromatic N) is 2. The minimum Gasteiger partial charge on any atom is -0.479 e. The van der Waals surface area contributed by atoms with Crippen molar-refractivity contribution in [3.63, 3.8) is 0 Å². The maximum Gasteiger partial charge on any atom is 0.267 e. The summed E-state index contributed by atoms with van der Waals surface area (Å²) in [5.74, 6) is 0.750. The molecule has 0 aliphatic carbocycles. The Balaban J connectivity index is 2.21. The van der Waals surface area contributed by atoms with E-state index in [1.165, 1.54) is 0 Å². The zero-order chi connectivity index (χ0) is 14.0. The predicted octanol–water partition coefficient (Wildman–Crippen LogP) is 0.821. The van der Waals surface area contributed by atoms with Crippen LogP contribution in [0.4, 0.5) is 5.69 Å². The number of rotatable bonds is 4. The Kier molecular flexibility index (Phi) is 4.07. The number of amides is 1. The first kappa shape index (κ1) is 13.8. The first-order chi connectivity index (χ1) is 9.02. The number of hydrogen-bond acceptors (Lipinski definition) is 4. The second-order valence-electron chi connectivity index (χ2n) is 4.99.